The molecule has 3 atom stereocenters. The minimum absolute atomic E-state index is 0.00332. The molecular weight excluding hydrogens is 497 g/mol. The van der Waals surface area contributed by atoms with E-state index in [1.165, 1.54) is 24.8 Å². The van der Waals surface area contributed by atoms with Gasteiger partial charge >= 0.3 is 5.97 Å². The van der Waals surface area contributed by atoms with Gasteiger partial charge < -0.3 is 10.0 Å². The number of carbonyl (C=O) groups is 4. The number of thioether (sulfide) groups is 1. The van der Waals surface area contributed by atoms with E-state index in [9.17, 15) is 28.7 Å². The van der Waals surface area contributed by atoms with Gasteiger partial charge in [-0.05, 0) is 37.8 Å². The maximum absolute atomic E-state index is 14.8. The number of benzene rings is 1. The Balaban J connectivity index is 1.52. The van der Waals surface area contributed by atoms with Crippen LogP contribution < -0.4 is 0 Å². The molecule has 0 spiro atoms. The molecule has 37 heavy (non-hydrogen) atoms. The first-order valence-corrected chi connectivity index (χ1v) is 13.7. The molecule has 1 aliphatic carbocycles. The number of rotatable bonds is 9. The van der Waals surface area contributed by atoms with Crippen LogP contribution in [0.3, 0.4) is 0 Å². The highest BCUT2D eigenvalue weighted by Gasteiger charge is 2.41. The van der Waals surface area contributed by atoms with Gasteiger partial charge in [0.2, 0.25) is 5.91 Å². The predicted molar refractivity (Wildman–Crippen MR) is 138 cm³/mol. The smallest absolute Gasteiger partial charge is 0.320 e. The van der Waals surface area contributed by atoms with Gasteiger partial charge in [0, 0.05) is 56.4 Å². The first-order chi connectivity index (χ1) is 17.7. The zero-order chi connectivity index (χ0) is 26.7. The van der Waals surface area contributed by atoms with Crippen molar-refractivity contribution < 1.29 is 28.7 Å². The maximum Gasteiger partial charge on any atom is 0.320 e. The Morgan fingerprint density at radius 1 is 1.11 bits per heavy atom. The number of piperazine rings is 1. The number of piperidine rings is 1. The van der Waals surface area contributed by atoms with E-state index >= 15 is 0 Å². The molecule has 0 radical (unpaired) electrons. The molecule has 3 aliphatic rings. The Morgan fingerprint density at radius 3 is 2.46 bits per heavy atom. The molecule has 1 saturated carbocycles. The van der Waals surface area contributed by atoms with E-state index in [0.29, 0.717) is 44.7 Å². The van der Waals surface area contributed by atoms with Crippen molar-refractivity contribution in [1.29, 1.82) is 0 Å². The van der Waals surface area contributed by atoms with Gasteiger partial charge in [0.25, 0.3) is 0 Å². The summed E-state index contributed by atoms with van der Waals surface area (Å²) < 4.78 is 14.8. The van der Waals surface area contributed by atoms with Crippen LogP contribution in [0.2, 0.25) is 0 Å². The van der Waals surface area contributed by atoms with E-state index in [-0.39, 0.29) is 34.5 Å². The van der Waals surface area contributed by atoms with Crippen molar-refractivity contribution in [2.75, 3.05) is 39.3 Å². The molecule has 10 heteroatoms. The Bertz CT molecular complexity index is 1090. The molecule has 1 aromatic carbocycles. The monoisotopic (exact) mass is 531 g/mol. The number of aliphatic carboxylic acids is 1. The third-order valence-corrected chi connectivity index (χ3v) is 8.58. The number of hydrogen-bond donors (Lipinski definition) is 1. The fourth-order valence-electron chi connectivity index (χ4n) is 5.09. The van der Waals surface area contributed by atoms with Gasteiger partial charge in [-0.3, -0.25) is 29.0 Å². The molecule has 0 bridgehead atoms. The predicted octanol–water partition coefficient (Wildman–Crippen LogP) is 2.74. The van der Waals surface area contributed by atoms with E-state index in [1.807, 2.05) is 11.0 Å². The molecule has 2 saturated heterocycles. The summed E-state index contributed by atoms with van der Waals surface area (Å²) >= 11 is 1.25. The average molecular weight is 532 g/mol. The van der Waals surface area contributed by atoms with Crippen molar-refractivity contribution >= 4 is 34.5 Å². The molecule has 1 N–H and O–H groups in total. The molecule has 1 amide bonds. The van der Waals surface area contributed by atoms with Crippen LogP contribution in [0.15, 0.2) is 35.9 Å². The number of hydrogen-bond acceptors (Lipinski definition) is 7. The van der Waals surface area contributed by atoms with Gasteiger partial charge in [-0.15, -0.1) is 0 Å². The number of halogens is 1. The summed E-state index contributed by atoms with van der Waals surface area (Å²) in [5.74, 6) is -1.50. The minimum Gasteiger partial charge on any atom is -0.480 e. The number of likely N-dealkylation sites (tertiary alicyclic amines) is 1. The third-order valence-electron chi connectivity index (χ3n) is 7.43. The first-order valence-electron chi connectivity index (χ1n) is 12.8. The van der Waals surface area contributed by atoms with Gasteiger partial charge in [-0.25, -0.2) is 4.39 Å². The van der Waals surface area contributed by atoms with E-state index < -0.39 is 23.9 Å². The highest BCUT2D eigenvalue weighted by atomic mass is 32.2. The SMILES string of the molecule is CC(=O)SC1CCN(C(C(=O)C2CC2)c2ccccc2F)C/C1=C/CN1CCN(C(C)C(=O)O)CC1=O. The van der Waals surface area contributed by atoms with Gasteiger partial charge in [0.1, 0.15) is 11.9 Å². The van der Waals surface area contributed by atoms with Crippen LogP contribution in [-0.2, 0) is 19.2 Å². The number of ketones is 1. The van der Waals surface area contributed by atoms with Crippen LogP contribution in [0.1, 0.15) is 44.7 Å². The third kappa shape index (κ3) is 6.66. The normalized spacial score (nSPS) is 24.2. The number of carbonyl (C=O) groups excluding carboxylic acids is 3. The molecule has 2 heterocycles. The zero-order valence-electron chi connectivity index (χ0n) is 21.3. The average Bonchev–Trinajstić information content (AvgIpc) is 3.70. The molecule has 1 aromatic rings. The van der Waals surface area contributed by atoms with Crippen molar-refractivity contribution in [1.82, 2.24) is 14.7 Å². The van der Waals surface area contributed by atoms with E-state index in [4.69, 9.17) is 0 Å². The van der Waals surface area contributed by atoms with Crippen LogP contribution in [0, 0.1) is 11.7 Å². The Labute approximate surface area is 220 Å². The fourth-order valence-corrected chi connectivity index (χ4v) is 6.03. The standard InChI is InChI=1S/C27H34FN3O5S/c1-17(27(35)36)30-14-13-29(24(33)16-30)11-9-20-15-31(12-10-23(20)37-18(2)32)25(26(34)19-7-8-19)21-5-3-4-6-22(21)28/h3-6,9,17,19,23,25H,7-8,10-16H2,1-2H3,(H,35,36)/b20-9-. The molecule has 3 unspecified atom stereocenters. The lowest BCUT2D eigenvalue weighted by atomic mass is 9.93. The number of Topliss-reactive ketones (excluding diaryl/α,β-unsaturated/α-hetero) is 1. The molecule has 3 fully saturated rings. The molecule has 4 rings (SSSR count). The Kier molecular flexibility index (Phi) is 8.82. The van der Waals surface area contributed by atoms with E-state index in [1.54, 1.807) is 34.9 Å². The summed E-state index contributed by atoms with van der Waals surface area (Å²) in [4.78, 5) is 54.6. The second-order valence-corrected chi connectivity index (χ2v) is 11.4. The summed E-state index contributed by atoms with van der Waals surface area (Å²) in [6.07, 6.45) is 4.26. The van der Waals surface area contributed by atoms with Crippen molar-refractivity contribution in [2.24, 2.45) is 5.92 Å². The topological polar surface area (TPSA) is 98.2 Å². The maximum atomic E-state index is 14.8. The number of carboxylic acids is 1. The highest BCUT2D eigenvalue weighted by molar-refractivity contribution is 8.14. The second-order valence-electron chi connectivity index (χ2n) is 10.1. The van der Waals surface area contributed by atoms with Gasteiger partial charge in [0.05, 0.1) is 12.6 Å². The van der Waals surface area contributed by atoms with Crippen molar-refractivity contribution in [3.8, 4) is 0 Å². The van der Waals surface area contributed by atoms with Crippen LogP contribution in [0.5, 0.6) is 0 Å². The highest BCUT2D eigenvalue weighted by Crippen LogP contribution is 2.40. The van der Waals surface area contributed by atoms with Crippen molar-refractivity contribution in [2.45, 2.75) is 50.4 Å². The second kappa shape index (κ2) is 11.9. The summed E-state index contributed by atoms with van der Waals surface area (Å²) in [6.45, 7) is 5.32. The van der Waals surface area contributed by atoms with Gasteiger partial charge in [-0.1, -0.05) is 36.0 Å². The molecular formula is C27H34FN3O5S. The lowest BCUT2D eigenvalue weighted by molar-refractivity contribution is -0.146. The zero-order valence-corrected chi connectivity index (χ0v) is 22.1. The summed E-state index contributed by atoms with van der Waals surface area (Å²) in [6, 6.07) is 5.02. The fraction of sp³-hybridized carbons (Fsp3) is 0.556. The lowest BCUT2D eigenvalue weighted by Gasteiger charge is -2.39. The largest absolute Gasteiger partial charge is 0.480 e. The van der Waals surface area contributed by atoms with Crippen LogP contribution in [0.4, 0.5) is 4.39 Å². The molecule has 8 nitrogen and oxygen atoms in total. The molecule has 0 aromatic heterocycles. The minimum atomic E-state index is -0.958. The van der Waals surface area contributed by atoms with Gasteiger partial charge in [0.15, 0.2) is 10.9 Å². The quantitative estimate of drug-likeness (QED) is 0.486. The molecule has 200 valence electrons. The van der Waals surface area contributed by atoms with Crippen LogP contribution in [0.25, 0.3) is 0 Å². The van der Waals surface area contributed by atoms with Crippen LogP contribution in [-0.4, -0.2) is 93.1 Å². The Morgan fingerprint density at radius 2 is 1.84 bits per heavy atom. The summed E-state index contributed by atoms with van der Waals surface area (Å²) in [7, 11) is 0. The summed E-state index contributed by atoms with van der Waals surface area (Å²) in [5.41, 5.74) is 1.33. The van der Waals surface area contributed by atoms with Crippen molar-refractivity contribution in [3.05, 3.63) is 47.3 Å². The van der Waals surface area contributed by atoms with E-state index in [0.717, 1.165) is 18.4 Å². The van der Waals surface area contributed by atoms with Crippen LogP contribution >= 0.6 is 11.8 Å². The first kappa shape index (κ1) is 27.5. The van der Waals surface area contributed by atoms with E-state index in [2.05, 4.69) is 0 Å². The number of amides is 1. The number of carboxylic acid groups (broad SMARTS) is 1. The number of nitrogens with zero attached hydrogens (tertiary/aromatic N) is 3. The summed E-state index contributed by atoms with van der Waals surface area (Å²) in [5, 5.41) is 9.17. The van der Waals surface area contributed by atoms with Crippen molar-refractivity contribution in [3.63, 3.8) is 0 Å². The molecule has 2 aliphatic heterocycles. The lowest BCUT2D eigenvalue weighted by Crippen LogP contribution is -2.54. The Hall–Kier alpha value is -2.56. The van der Waals surface area contributed by atoms with Gasteiger partial charge in [-0.2, -0.15) is 0 Å².